The summed E-state index contributed by atoms with van der Waals surface area (Å²) in [6.07, 6.45) is 1.09. The van der Waals surface area contributed by atoms with Crippen LogP contribution in [0.4, 0.5) is 5.69 Å². The van der Waals surface area contributed by atoms with Gasteiger partial charge in [0.2, 0.25) is 15.9 Å². The number of hydrogen-bond acceptors (Lipinski definition) is 5. The highest BCUT2D eigenvalue weighted by Gasteiger charge is 2.22. The van der Waals surface area contributed by atoms with Crippen molar-refractivity contribution < 1.29 is 22.7 Å². The number of anilines is 1. The van der Waals surface area contributed by atoms with Crippen LogP contribution in [-0.4, -0.2) is 46.9 Å². The molecule has 8 heteroatoms. The van der Waals surface area contributed by atoms with E-state index in [1.165, 1.54) is 0 Å². The topological polar surface area (TPSA) is 84.9 Å². The predicted molar refractivity (Wildman–Crippen MR) is 114 cm³/mol. The van der Waals surface area contributed by atoms with Crippen LogP contribution in [0.25, 0.3) is 0 Å². The molecular formula is C21H28N2O5S. The quantitative estimate of drug-likeness (QED) is 0.674. The third kappa shape index (κ3) is 6.98. The number of carbonyl (C=O) groups excluding carboxylic acids is 1. The van der Waals surface area contributed by atoms with Crippen molar-refractivity contribution in [3.63, 3.8) is 0 Å². The molecule has 0 bridgehead atoms. The first-order valence-corrected chi connectivity index (χ1v) is 11.1. The lowest BCUT2D eigenvalue weighted by Crippen LogP contribution is -2.45. The molecule has 2 aromatic carbocycles. The number of nitrogens with one attached hydrogen (secondary N) is 1. The molecule has 2 aromatic rings. The molecule has 0 aromatic heterocycles. The van der Waals surface area contributed by atoms with Crippen molar-refractivity contribution in [2.24, 2.45) is 0 Å². The number of benzene rings is 2. The van der Waals surface area contributed by atoms with Gasteiger partial charge in [-0.1, -0.05) is 6.07 Å². The smallest absolute Gasteiger partial charge is 0.241 e. The van der Waals surface area contributed by atoms with Gasteiger partial charge in [-0.25, -0.2) is 8.42 Å². The van der Waals surface area contributed by atoms with E-state index in [1.807, 2.05) is 19.9 Å². The normalized spacial score (nSPS) is 12.2. The Hall–Kier alpha value is -2.74. The molecular weight excluding hydrogens is 392 g/mol. The Morgan fingerprint density at radius 1 is 1.07 bits per heavy atom. The van der Waals surface area contributed by atoms with Crippen molar-refractivity contribution in [3.05, 3.63) is 53.6 Å². The zero-order chi connectivity index (χ0) is 21.6. The van der Waals surface area contributed by atoms with Crippen LogP contribution in [0.3, 0.4) is 0 Å². The van der Waals surface area contributed by atoms with Gasteiger partial charge in [0.25, 0.3) is 0 Å². The van der Waals surface area contributed by atoms with Crippen LogP contribution in [0.15, 0.2) is 42.5 Å². The summed E-state index contributed by atoms with van der Waals surface area (Å²) in [5.74, 6) is 0.978. The highest BCUT2D eigenvalue weighted by molar-refractivity contribution is 7.92. The summed E-state index contributed by atoms with van der Waals surface area (Å²) in [5.41, 5.74) is 2.33. The second-order valence-electron chi connectivity index (χ2n) is 7.07. The summed E-state index contributed by atoms with van der Waals surface area (Å²) in [4.78, 5) is 12.5. The van der Waals surface area contributed by atoms with Gasteiger partial charge in [-0.2, -0.15) is 0 Å². The van der Waals surface area contributed by atoms with E-state index in [9.17, 15) is 13.2 Å². The lowest BCUT2D eigenvalue weighted by atomic mass is 10.1. The standard InChI is InChI=1S/C21H28N2O5S/c1-15-10-16(2)12-18(11-15)23(29(5,25)26)13-21(24)22-17(3)14-28-20-8-6-19(27-4)7-9-20/h6-12,17H,13-14H2,1-5H3,(H,22,24). The highest BCUT2D eigenvalue weighted by atomic mass is 32.2. The summed E-state index contributed by atoms with van der Waals surface area (Å²) in [5, 5.41) is 2.78. The largest absolute Gasteiger partial charge is 0.497 e. The van der Waals surface area contributed by atoms with Crippen LogP contribution in [-0.2, 0) is 14.8 Å². The number of ether oxygens (including phenoxy) is 2. The fourth-order valence-corrected chi connectivity index (χ4v) is 3.72. The molecule has 0 spiro atoms. The predicted octanol–water partition coefficient (Wildman–Crippen LogP) is 2.66. The minimum atomic E-state index is -3.61. The second-order valence-corrected chi connectivity index (χ2v) is 8.98. The van der Waals surface area contributed by atoms with E-state index in [-0.39, 0.29) is 19.2 Å². The number of aryl methyl sites for hydroxylation is 2. The van der Waals surface area contributed by atoms with Gasteiger partial charge in [-0.15, -0.1) is 0 Å². The summed E-state index contributed by atoms with van der Waals surface area (Å²) in [6.45, 7) is 5.52. The maximum absolute atomic E-state index is 12.5. The van der Waals surface area contributed by atoms with E-state index in [0.29, 0.717) is 11.4 Å². The average molecular weight is 421 g/mol. The zero-order valence-electron chi connectivity index (χ0n) is 17.4. The number of carbonyl (C=O) groups is 1. The number of amides is 1. The molecule has 0 fully saturated rings. The number of sulfonamides is 1. The summed E-state index contributed by atoms with van der Waals surface area (Å²) in [6, 6.07) is 12.3. The second kappa shape index (κ2) is 9.65. The van der Waals surface area contributed by atoms with Crippen LogP contribution < -0.4 is 19.1 Å². The van der Waals surface area contributed by atoms with Gasteiger partial charge >= 0.3 is 0 Å². The zero-order valence-corrected chi connectivity index (χ0v) is 18.2. The SMILES string of the molecule is COc1ccc(OCC(C)NC(=O)CN(c2cc(C)cc(C)c2)S(C)(=O)=O)cc1. The van der Waals surface area contributed by atoms with Crippen molar-refractivity contribution in [1.29, 1.82) is 0 Å². The van der Waals surface area contributed by atoms with E-state index >= 15 is 0 Å². The lowest BCUT2D eigenvalue weighted by Gasteiger charge is -2.24. The first-order valence-electron chi connectivity index (χ1n) is 9.20. The Kier molecular flexibility index (Phi) is 7.50. The minimum Gasteiger partial charge on any atom is -0.497 e. The van der Waals surface area contributed by atoms with Crippen molar-refractivity contribution in [2.75, 3.05) is 30.8 Å². The van der Waals surface area contributed by atoms with Crippen LogP contribution in [0.2, 0.25) is 0 Å². The number of methoxy groups -OCH3 is 1. The van der Waals surface area contributed by atoms with Crippen LogP contribution in [0.1, 0.15) is 18.1 Å². The van der Waals surface area contributed by atoms with E-state index in [0.717, 1.165) is 27.4 Å². The molecule has 1 atom stereocenters. The molecule has 1 N–H and O–H groups in total. The number of hydrogen-bond donors (Lipinski definition) is 1. The molecule has 0 heterocycles. The fraction of sp³-hybridized carbons (Fsp3) is 0.381. The van der Waals surface area contributed by atoms with Crippen LogP contribution in [0.5, 0.6) is 11.5 Å². The Labute approximate surface area is 172 Å². The molecule has 1 amide bonds. The van der Waals surface area contributed by atoms with Gasteiger partial charge in [0.1, 0.15) is 24.7 Å². The summed E-state index contributed by atoms with van der Waals surface area (Å²) >= 11 is 0. The van der Waals surface area contributed by atoms with Gasteiger partial charge in [0.15, 0.2) is 0 Å². The van der Waals surface area contributed by atoms with Crippen molar-refractivity contribution in [2.45, 2.75) is 26.8 Å². The van der Waals surface area contributed by atoms with E-state index < -0.39 is 15.9 Å². The van der Waals surface area contributed by atoms with E-state index in [1.54, 1.807) is 50.4 Å². The Morgan fingerprint density at radius 3 is 2.14 bits per heavy atom. The van der Waals surface area contributed by atoms with E-state index in [2.05, 4.69) is 5.32 Å². The molecule has 0 saturated carbocycles. The van der Waals surface area contributed by atoms with Gasteiger partial charge in [0, 0.05) is 0 Å². The van der Waals surface area contributed by atoms with Gasteiger partial charge in [0.05, 0.1) is 25.1 Å². The molecule has 0 aliphatic heterocycles. The molecule has 29 heavy (non-hydrogen) atoms. The maximum Gasteiger partial charge on any atom is 0.241 e. The lowest BCUT2D eigenvalue weighted by molar-refractivity contribution is -0.120. The molecule has 0 aliphatic carbocycles. The van der Waals surface area contributed by atoms with E-state index in [4.69, 9.17) is 9.47 Å². The maximum atomic E-state index is 12.5. The molecule has 2 rings (SSSR count). The van der Waals surface area contributed by atoms with Gasteiger partial charge in [-0.05, 0) is 68.3 Å². The third-order valence-corrected chi connectivity index (χ3v) is 5.29. The molecule has 1 unspecified atom stereocenters. The molecule has 0 saturated heterocycles. The highest BCUT2D eigenvalue weighted by Crippen LogP contribution is 2.21. The Morgan fingerprint density at radius 2 is 1.62 bits per heavy atom. The van der Waals surface area contributed by atoms with Gasteiger partial charge in [-0.3, -0.25) is 9.10 Å². The van der Waals surface area contributed by atoms with Crippen molar-refractivity contribution in [1.82, 2.24) is 5.32 Å². The Balaban J connectivity index is 1.98. The summed E-state index contributed by atoms with van der Waals surface area (Å²) < 4.78 is 36.4. The van der Waals surface area contributed by atoms with Crippen LogP contribution >= 0.6 is 0 Å². The Bertz CT molecular complexity index is 922. The number of rotatable bonds is 9. The molecule has 7 nitrogen and oxygen atoms in total. The molecule has 0 radical (unpaired) electrons. The molecule has 158 valence electrons. The monoisotopic (exact) mass is 420 g/mol. The molecule has 0 aliphatic rings. The third-order valence-electron chi connectivity index (χ3n) is 4.15. The van der Waals surface area contributed by atoms with Crippen LogP contribution in [0, 0.1) is 13.8 Å². The first-order chi connectivity index (χ1) is 13.6. The number of nitrogens with zero attached hydrogens (tertiary/aromatic N) is 1. The van der Waals surface area contributed by atoms with Crippen molar-refractivity contribution in [3.8, 4) is 11.5 Å². The fourth-order valence-electron chi connectivity index (χ4n) is 2.88. The van der Waals surface area contributed by atoms with Crippen molar-refractivity contribution >= 4 is 21.6 Å². The first kappa shape index (κ1) is 22.5. The summed E-state index contributed by atoms with van der Waals surface area (Å²) in [7, 11) is -2.03. The minimum absolute atomic E-state index is 0.250. The average Bonchev–Trinajstić information content (AvgIpc) is 2.63. The van der Waals surface area contributed by atoms with Gasteiger partial charge < -0.3 is 14.8 Å².